The number of hydrogen-bond donors (Lipinski definition) is 0. The maximum Gasteiger partial charge on any atom is 0.0799 e. The van der Waals surface area contributed by atoms with Crippen LogP contribution in [0.15, 0.2) is 128 Å². The Hall–Kier alpha value is -4.21. The number of nitrogens with zero attached hydrogens (tertiary/aromatic N) is 2. The topological polar surface area (TPSA) is 25.8 Å². The first-order valence-electron chi connectivity index (χ1n) is 18.1. The molecule has 0 spiro atoms. The van der Waals surface area contributed by atoms with E-state index in [-0.39, 0.29) is 20.1 Å². The molecule has 0 bridgehead atoms. The van der Waals surface area contributed by atoms with Crippen LogP contribution in [-0.4, -0.2) is 18.0 Å². The molecular formula is C47H46IrN2Si-2. The van der Waals surface area contributed by atoms with Crippen LogP contribution < -0.4 is 5.19 Å². The minimum atomic E-state index is -1.34. The third kappa shape index (κ3) is 7.99. The molecule has 2 nitrogen and oxygen atoms in total. The molecule has 1 fully saturated rings. The Morgan fingerprint density at radius 2 is 1.39 bits per heavy atom. The average Bonchev–Trinajstić information content (AvgIpc) is 3.70. The fourth-order valence-electron chi connectivity index (χ4n) is 7.49. The SMILES string of the molecule is CC(C)c1cnc(-c2[c-]ccc3c2ccc2ccccc23)cc1-c1ccccc1.C[Si](C)(C)c1cnc(-c2[c-]cccc2)cc1C1CCCC1.[Ir]. The molecule has 1 aliphatic rings. The molecule has 0 unspecified atom stereocenters. The van der Waals surface area contributed by atoms with E-state index in [1.54, 1.807) is 10.8 Å². The molecule has 2 aromatic heterocycles. The van der Waals surface area contributed by atoms with Crippen molar-refractivity contribution >= 4 is 34.8 Å². The third-order valence-corrected chi connectivity index (χ3v) is 12.2. The first-order valence-corrected chi connectivity index (χ1v) is 21.6. The third-order valence-electron chi connectivity index (χ3n) is 10.1. The van der Waals surface area contributed by atoms with Crippen LogP contribution in [0.4, 0.5) is 0 Å². The molecule has 1 saturated carbocycles. The molecule has 0 atom stereocenters. The smallest absolute Gasteiger partial charge is 0.0799 e. The summed E-state index contributed by atoms with van der Waals surface area (Å²) in [5.41, 5.74) is 9.54. The standard InChI is InChI=1S/C28H22N.C19H24NSi.Ir/c1-19(2)27-18-29-28(17-26(27)20-9-4-3-5-10-20)25-14-8-13-23-22-12-7-6-11-21(22)15-16-24(23)25;1-21(2,3)19-14-20-18(16-11-5-4-6-12-16)13-17(19)15-9-7-8-10-15;/h3-13,15-19H,1-2H3;4-6,11,13-15H,7-10H2,1-3H3;/q2*-1;. The average molecular weight is 859 g/mol. The fourth-order valence-corrected chi connectivity index (χ4v) is 9.09. The van der Waals surface area contributed by atoms with Crippen molar-refractivity contribution in [1.82, 2.24) is 9.97 Å². The van der Waals surface area contributed by atoms with Gasteiger partial charge in [-0.3, -0.25) is 0 Å². The van der Waals surface area contributed by atoms with E-state index in [2.05, 4.69) is 149 Å². The predicted octanol–water partition coefficient (Wildman–Crippen LogP) is 12.4. The monoisotopic (exact) mass is 859 g/mol. The van der Waals surface area contributed by atoms with Crippen molar-refractivity contribution in [3.8, 4) is 33.6 Å². The molecule has 1 aliphatic carbocycles. The normalized spacial score (nSPS) is 13.2. The van der Waals surface area contributed by atoms with Gasteiger partial charge >= 0.3 is 0 Å². The first kappa shape index (κ1) is 36.6. The summed E-state index contributed by atoms with van der Waals surface area (Å²) in [7, 11) is -1.34. The Morgan fingerprint density at radius 3 is 2.12 bits per heavy atom. The van der Waals surface area contributed by atoms with Crippen LogP contribution in [-0.2, 0) is 20.1 Å². The van der Waals surface area contributed by atoms with Crippen LogP contribution in [0.25, 0.3) is 55.2 Å². The summed E-state index contributed by atoms with van der Waals surface area (Å²) in [6.45, 7) is 11.7. The van der Waals surface area contributed by atoms with Gasteiger partial charge in [-0.1, -0.05) is 142 Å². The van der Waals surface area contributed by atoms with E-state index in [1.807, 2.05) is 24.4 Å². The zero-order chi connectivity index (χ0) is 34.7. The predicted molar refractivity (Wildman–Crippen MR) is 216 cm³/mol. The van der Waals surface area contributed by atoms with E-state index in [0.717, 1.165) is 28.4 Å². The van der Waals surface area contributed by atoms with Crippen molar-refractivity contribution in [3.63, 3.8) is 0 Å². The number of aromatic nitrogens is 2. The fraction of sp³-hybridized carbons (Fsp3) is 0.234. The van der Waals surface area contributed by atoms with E-state index in [0.29, 0.717) is 5.92 Å². The van der Waals surface area contributed by atoms with Gasteiger partial charge in [-0.2, -0.15) is 0 Å². The number of pyridine rings is 2. The summed E-state index contributed by atoms with van der Waals surface area (Å²) < 4.78 is 0. The van der Waals surface area contributed by atoms with E-state index in [4.69, 9.17) is 9.97 Å². The molecule has 8 rings (SSSR count). The molecule has 7 aromatic rings. The molecule has 0 saturated heterocycles. The van der Waals surface area contributed by atoms with Crippen molar-refractivity contribution in [1.29, 1.82) is 0 Å². The van der Waals surface area contributed by atoms with Gasteiger partial charge < -0.3 is 9.97 Å². The van der Waals surface area contributed by atoms with Crippen LogP contribution in [0, 0.1) is 12.1 Å². The summed E-state index contributed by atoms with van der Waals surface area (Å²) in [6.07, 6.45) is 9.65. The van der Waals surface area contributed by atoms with Gasteiger partial charge in [-0.25, -0.2) is 0 Å². The summed E-state index contributed by atoms with van der Waals surface area (Å²) >= 11 is 0. The van der Waals surface area contributed by atoms with Gasteiger partial charge in [0.2, 0.25) is 0 Å². The van der Waals surface area contributed by atoms with E-state index >= 15 is 0 Å². The quantitative estimate of drug-likeness (QED) is 0.0946. The molecule has 51 heavy (non-hydrogen) atoms. The molecule has 0 amide bonds. The Labute approximate surface area is 318 Å². The summed E-state index contributed by atoms with van der Waals surface area (Å²) in [5.74, 6) is 1.16. The summed E-state index contributed by atoms with van der Waals surface area (Å²) in [5, 5.41) is 6.50. The minimum absolute atomic E-state index is 0. The largest absolute Gasteiger partial charge is 0.305 e. The van der Waals surface area contributed by atoms with Gasteiger partial charge in [0, 0.05) is 32.5 Å². The van der Waals surface area contributed by atoms with Crippen LogP contribution >= 0.6 is 0 Å². The van der Waals surface area contributed by atoms with Crippen LogP contribution in [0.3, 0.4) is 0 Å². The number of fused-ring (bicyclic) bond motifs is 3. The van der Waals surface area contributed by atoms with Crippen LogP contribution in [0.1, 0.15) is 62.5 Å². The van der Waals surface area contributed by atoms with Gasteiger partial charge in [-0.15, -0.1) is 59.7 Å². The maximum absolute atomic E-state index is 4.86. The molecule has 0 aliphatic heterocycles. The van der Waals surface area contributed by atoms with Gasteiger partial charge in [0.1, 0.15) is 0 Å². The molecule has 259 valence electrons. The Morgan fingerprint density at radius 1 is 0.667 bits per heavy atom. The minimum Gasteiger partial charge on any atom is -0.305 e. The maximum atomic E-state index is 4.86. The molecule has 1 radical (unpaired) electrons. The van der Waals surface area contributed by atoms with Crippen molar-refractivity contribution in [2.24, 2.45) is 0 Å². The van der Waals surface area contributed by atoms with Crippen LogP contribution in [0.5, 0.6) is 0 Å². The van der Waals surface area contributed by atoms with Crippen molar-refractivity contribution in [3.05, 3.63) is 151 Å². The van der Waals surface area contributed by atoms with Gasteiger partial charge in [0.25, 0.3) is 0 Å². The molecule has 0 N–H and O–H groups in total. The second-order valence-electron chi connectivity index (χ2n) is 14.9. The van der Waals surface area contributed by atoms with Gasteiger partial charge in [-0.05, 0) is 68.7 Å². The van der Waals surface area contributed by atoms with Crippen molar-refractivity contribution < 1.29 is 20.1 Å². The first-order chi connectivity index (χ1) is 24.3. The van der Waals surface area contributed by atoms with Gasteiger partial charge in [0.15, 0.2) is 0 Å². The van der Waals surface area contributed by atoms with E-state index in [9.17, 15) is 0 Å². The molecule has 5 aromatic carbocycles. The Kier molecular flexibility index (Phi) is 11.5. The number of rotatable bonds is 6. The summed E-state index contributed by atoms with van der Waals surface area (Å²) in [6, 6.07) is 47.2. The van der Waals surface area contributed by atoms with Crippen LogP contribution in [0.2, 0.25) is 19.6 Å². The van der Waals surface area contributed by atoms with E-state index < -0.39 is 8.07 Å². The Balaban J connectivity index is 0.000000181. The number of benzene rings is 5. The molecule has 4 heteroatoms. The molecule has 2 heterocycles. The van der Waals surface area contributed by atoms with E-state index in [1.165, 1.54) is 63.9 Å². The second kappa shape index (κ2) is 16.0. The van der Waals surface area contributed by atoms with Gasteiger partial charge in [0.05, 0.1) is 8.07 Å². The zero-order valence-electron chi connectivity index (χ0n) is 30.3. The zero-order valence-corrected chi connectivity index (χ0v) is 33.7. The number of hydrogen-bond acceptors (Lipinski definition) is 2. The summed E-state index contributed by atoms with van der Waals surface area (Å²) in [4.78, 5) is 9.61. The second-order valence-corrected chi connectivity index (χ2v) is 20.0. The Bertz CT molecular complexity index is 2230. The molecular weight excluding hydrogens is 813 g/mol. The van der Waals surface area contributed by atoms with Crippen molar-refractivity contribution in [2.45, 2.75) is 71.0 Å². The van der Waals surface area contributed by atoms with Crippen molar-refractivity contribution in [2.75, 3.05) is 0 Å².